The molecule has 0 aliphatic heterocycles. The van der Waals surface area contributed by atoms with E-state index in [1.165, 1.54) is 4.57 Å². The molecule has 0 unspecified atom stereocenters. The lowest BCUT2D eigenvalue weighted by atomic mass is 10.4. The maximum absolute atomic E-state index is 11.0. The molecule has 0 aliphatic carbocycles. The molecule has 0 saturated carbocycles. The summed E-state index contributed by atoms with van der Waals surface area (Å²) < 4.78 is 1.40. The number of carboxylic acids is 1. The largest absolute Gasteiger partial charge is 0.481 e. The van der Waals surface area contributed by atoms with Crippen LogP contribution in [-0.2, 0) is 11.3 Å². The Morgan fingerprint density at radius 1 is 1.75 bits per heavy atom. The van der Waals surface area contributed by atoms with Crippen molar-refractivity contribution in [3.8, 4) is 0 Å². The topological polar surface area (TPSA) is 75.1 Å². The van der Waals surface area contributed by atoms with Gasteiger partial charge >= 0.3 is 11.7 Å². The van der Waals surface area contributed by atoms with Crippen LogP contribution in [0, 0.1) is 6.92 Å². The molecule has 0 spiro atoms. The normalized spacial score (nSPS) is 10.1. The second-order valence-electron chi connectivity index (χ2n) is 2.53. The van der Waals surface area contributed by atoms with E-state index in [2.05, 4.69) is 4.98 Å². The van der Waals surface area contributed by atoms with E-state index in [9.17, 15) is 9.59 Å². The second-order valence-corrected chi connectivity index (χ2v) is 2.53. The Morgan fingerprint density at radius 3 is 2.83 bits per heavy atom. The number of aromatic nitrogens is 2. The van der Waals surface area contributed by atoms with Gasteiger partial charge in [0.05, 0.1) is 6.42 Å². The van der Waals surface area contributed by atoms with Gasteiger partial charge in [0, 0.05) is 18.4 Å². The van der Waals surface area contributed by atoms with Gasteiger partial charge in [-0.1, -0.05) is 0 Å². The molecule has 0 aliphatic rings. The minimum Gasteiger partial charge on any atom is -0.481 e. The van der Waals surface area contributed by atoms with E-state index in [0.29, 0.717) is 0 Å². The van der Waals surface area contributed by atoms with Gasteiger partial charge in [0.25, 0.3) is 0 Å². The van der Waals surface area contributed by atoms with E-state index in [0.717, 1.165) is 5.69 Å². The highest BCUT2D eigenvalue weighted by Crippen LogP contribution is 1.93. The number of aliphatic carboxylic acids is 1. The van der Waals surface area contributed by atoms with Gasteiger partial charge in [-0.15, -0.1) is 0 Å². The number of hydrogen-bond donors (Lipinski definition) is 2. The van der Waals surface area contributed by atoms with Crippen molar-refractivity contribution in [2.24, 2.45) is 0 Å². The number of hydrogen-bond acceptors (Lipinski definition) is 2. The van der Waals surface area contributed by atoms with Gasteiger partial charge < -0.3 is 10.1 Å². The van der Waals surface area contributed by atoms with Crippen LogP contribution in [0.5, 0.6) is 0 Å². The van der Waals surface area contributed by atoms with Crippen LogP contribution in [0.1, 0.15) is 12.1 Å². The summed E-state index contributed by atoms with van der Waals surface area (Å²) in [7, 11) is 0. The Kier molecular flexibility index (Phi) is 2.32. The molecule has 0 radical (unpaired) electrons. The molecule has 0 aromatic carbocycles. The number of imidazole rings is 1. The van der Waals surface area contributed by atoms with Crippen molar-refractivity contribution in [2.45, 2.75) is 19.9 Å². The third-order valence-corrected chi connectivity index (χ3v) is 1.62. The number of nitrogens with one attached hydrogen (secondary N) is 1. The molecular weight excluding hydrogens is 160 g/mol. The lowest BCUT2D eigenvalue weighted by Crippen LogP contribution is -2.19. The second kappa shape index (κ2) is 3.25. The molecule has 0 fully saturated rings. The van der Waals surface area contributed by atoms with Crippen LogP contribution in [0.2, 0.25) is 0 Å². The van der Waals surface area contributed by atoms with Gasteiger partial charge in [-0.25, -0.2) is 4.79 Å². The van der Waals surface area contributed by atoms with E-state index in [1.54, 1.807) is 13.1 Å². The molecule has 12 heavy (non-hydrogen) atoms. The number of aryl methyl sites for hydroxylation is 1. The van der Waals surface area contributed by atoms with Crippen LogP contribution < -0.4 is 5.69 Å². The minimum atomic E-state index is -0.900. The van der Waals surface area contributed by atoms with Crippen molar-refractivity contribution >= 4 is 5.97 Å². The van der Waals surface area contributed by atoms with Crippen LogP contribution in [0.3, 0.4) is 0 Å². The zero-order chi connectivity index (χ0) is 9.14. The lowest BCUT2D eigenvalue weighted by Gasteiger charge is -1.99. The highest BCUT2D eigenvalue weighted by atomic mass is 16.4. The molecule has 5 nitrogen and oxygen atoms in total. The van der Waals surface area contributed by atoms with E-state index >= 15 is 0 Å². The maximum atomic E-state index is 11.0. The van der Waals surface area contributed by atoms with Gasteiger partial charge in [-0.3, -0.25) is 9.36 Å². The van der Waals surface area contributed by atoms with Crippen molar-refractivity contribution in [3.63, 3.8) is 0 Å². The van der Waals surface area contributed by atoms with Crippen LogP contribution in [0.25, 0.3) is 0 Å². The fraction of sp³-hybridized carbons (Fsp3) is 0.429. The summed E-state index contributed by atoms with van der Waals surface area (Å²) in [5, 5.41) is 8.37. The Bertz CT molecular complexity index is 337. The molecule has 1 aromatic heterocycles. The molecular formula is C7H10N2O3. The van der Waals surface area contributed by atoms with E-state index in [4.69, 9.17) is 5.11 Å². The average Bonchev–Trinajstić information content (AvgIpc) is 2.28. The van der Waals surface area contributed by atoms with Gasteiger partial charge in [-0.2, -0.15) is 0 Å². The van der Waals surface area contributed by atoms with Crippen LogP contribution in [-0.4, -0.2) is 20.6 Å². The molecule has 1 aromatic rings. The summed E-state index contributed by atoms with van der Waals surface area (Å²) in [4.78, 5) is 23.6. The third-order valence-electron chi connectivity index (χ3n) is 1.62. The minimum absolute atomic E-state index is 0.0292. The summed E-state index contributed by atoms with van der Waals surface area (Å²) in [6.45, 7) is 1.98. The van der Waals surface area contributed by atoms with Gasteiger partial charge in [0.15, 0.2) is 0 Å². The highest BCUT2D eigenvalue weighted by Gasteiger charge is 2.03. The van der Waals surface area contributed by atoms with Crippen LogP contribution >= 0.6 is 0 Å². The molecule has 0 bridgehead atoms. The van der Waals surface area contributed by atoms with Crippen molar-refractivity contribution in [1.29, 1.82) is 0 Å². The van der Waals surface area contributed by atoms with Gasteiger partial charge in [0.2, 0.25) is 0 Å². The number of rotatable bonds is 3. The monoisotopic (exact) mass is 170 g/mol. The Morgan fingerprint density at radius 2 is 2.42 bits per heavy atom. The maximum Gasteiger partial charge on any atom is 0.325 e. The number of aromatic amines is 1. The molecule has 0 amide bonds. The zero-order valence-electron chi connectivity index (χ0n) is 6.70. The first-order valence-corrected chi connectivity index (χ1v) is 3.58. The summed E-state index contributed by atoms with van der Waals surface area (Å²) in [6.07, 6.45) is 1.53. The molecule has 66 valence electrons. The highest BCUT2D eigenvalue weighted by molar-refractivity contribution is 5.66. The van der Waals surface area contributed by atoms with Crippen molar-refractivity contribution in [2.75, 3.05) is 0 Å². The number of H-pyrrole nitrogens is 1. The predicted octanol–water partition coefficient (Wildman–Crippen LogP) is -0.0405. The van der Waals surface area contributed by atoms with E-state index in [1.807, 2.05) is 0 Å². The molecule has 0 atom stereocenters. The summed E-state index contributed by atoms with van der Waals surface area (Å²) >= 11 is 0. The number of nitrogens with zero attached hydrogens (tertiary/aromatic N) is 1. The first-order chi connectivity index (χ1) is 5.61. The molecule has 1 rings (SSSR count). The first-order valence-electron chi connectivity index (χ1n) is 3.58. The zero-order valence-corrected chi connectivity index (χ0v) is 6.70. The molecule has 1 heterocycles. The fourth-order valence-electron chi connectivity index (χ4n) is 0.968. The summed E-state index contributed by atoms with van der Waals surface area (Å²) in [5.74, 6) is -0.900. The lowest BCUT2D eigenvalue weighted by molar-refractivity contribution is -0.137. The van der Waals surface area contributed by atoms with Gasteiger partial charge in [0.1, 0.15) is 0 Å². The van der Waals surface area contributed by atoms with E-state index < -0.39 is 5.97 Å². The molecule has 5 heteroatoms. The standard InChI is InChI=1S/C7H10N2O3/c1-5-4-8-7(12)9(5)3-2-6(10)11/h4H,2-3H2,1H3,(H,8,12)(H,10,11). The quantitative estimate of drug-likeness (QED) is 0.668. The van der Waals surface area contributed by atoms with Crippen LogP contribution in [0.4, 0.5) is 0 Å². The van der Waals surface area contributed by atoms with Crippen molar-refractivity contribution in [1.82, 2.24) is 9.55 Å². The number of carboxylic acid groups (broad SMARTS) is 1. The molecule has 0 saturated heterocycles. The number of carbonyl (C=O) groups is 1. The Hall–Kier alpha value is -1.52. The van der Waals surface area contributed by atoms with E-state index in [-0.39, 0.29) is 18.7 Å². The molecule has 2 N–H and O–H groups in total. The summed E-state index contributed by atoms with van der Waals surface area (Å²) in [6, 6.07) is 0. The predicted molar refractivity (Wildman–Crippen MR) is 42.0 cm³/mol. The van der Waals surface area contributed by atoms with Crippen molar-refractivity contribution < 1.29 is 9.90 Å². The Labute approximate surface area is 68.6 Å². The van der Waals surface area contributed by atoms with Crippen molar-refractivity contribution in [3.05, 3.63) is 22.4 Å². The fourth-order valence-corrected chi connectivity index (χ4v) is 0.968. The average molecular weight is 170 g/mol. The third kappa shape index (κ3) is 1.75. The SMILES string of the molecule is Cc1c[nH]c(=O)n1CCC(=O)O. The Balaban J connectivity index is 2.75. The van der Waals surface area contributed by atoms with Gasteiger partial charge in [-0.05, 0) is 6.92 Å². The van der Waals surface area contributed by atoms with Crippen LogP contribution in [0.15, 0.2) is 11.0 Å². The summed E-state index contributed by atoms with van der Waals surface area (Å²) in [5.41, 5.74) is 0.495. The first kappa shape index (κ1) is 8.58. The smallest absolute Gasteiger partial charge is 0.325 e.